The standard InChI is InChI=1S/C10H3Br2ClO3/c11-7-8(12)10(16)6-4(14)2-1-3(13)5(6)9(7)15/h1-2,14H. The molecule has 0 fully saturated rings. The van der Waals surface area contributed by atoms with E-state index in [2.05, 4.69) is 31.9 Å². The van der Waals surface area contributed by atoms with E-state index in [0.29, 0.717) is 0 Å². The number of ketones is 2. The number of aromatic hydroxyl groups is 1. The maximum Gasteiger partial charge on any atom is 0.205 e. The average Bonchev–Trinajstić information content (AvgIpc) is 2.26. The van der Waals surface area contributed by atoms with Crippen molar-refractivity contribution in [1.82, 2.24) is 0 Å². The van der Waals surface area contributed by atoms with E-state index in [1.54, 1.807) is 0 Å². The number of carbonyl (C=O) groups excluding carboxylic acids is 2. The molecule has 0 saturated heterocycles. The maximum atomic E-state index is 11.9. The molecule has 82 valence electrons. The maximum absolute atomic E-state index is 11.9. The third-order valence-electron chi connectivity index (χ3n) is 2.18. The molecule has 2 rings (SSSR count). The van der Waals surface area contributed by atoms with E-state index in [-0.39, 0.29) is 30.9 Å². The van der Waals surface area contributed by atoms with Gasteiger partial charge in [-0.05, 0) is 44.0 Å². The van der Waals surface area contributed by atoms with Crippen molar-refractivity contribution in [3.8, 4) is 5.75 Å². The summed E-state index contributed by atoms with van der Waals surface area (Å²) in [7, 11) is 0. The van der Waals surface area contributed by atoms with Crippen LogP contribution in [-0.4, -0.2) is 16.7 Å². The van der Waals surface area contributed by atoms with Crippen molar-refractivity contribution in [3.05, 3.63) is 37.2 Å². The van der Waals surface area contributed by atoms with Gasteiger partial charge in [0.25, 0.3) is 0 Å². The molecular weight excluding hydrogens is 363 g/mol. The summed E-state index contributed by atoms with van der Waals surface area (Å²) in [6.45, 7) is 0. The largest absolute Gasteiger partial charge is 0.507 e. The fourth-order valence-electron chi connectivity index (χ4n) is 1.44. The van der Waals surface area contributed by atoms with Crippen LogP contribution in [0.25, 0.3) is 0 Å². The predicted octanol–water partition coefficient (Wildman–Crippen LogP) is 3.43. The molecule has 1 N–H and O–H groups in total. The molecule has 0 aromatic heterocycles. The van der Waals surface area contributed by atoms with Gasteiger partial charge in [-0.1, -0.05) is 11.6 Å². The van der Waals surface area contributed by atoms with Gasteiger partial charge in [-0.25, -0.2) is 0 Å². The Morgan fingerprint density at radius 2 is 1.50 bits per heavy atom. The van der Waals surface area contributed by atoms with Crippen molar-refractivity contribution in [2.24, 2.45) is 0 Å². The zero-order valence-corrected chi connectivity index (χ0v) is 11.5. The van der Waals surface area contributed by atoms with Crippen LogP contribution in [0.3, 0.4) is 0 Å². The van der Waals surface area contributed by atoms with E-state index < -0.39 is 11.6 Å². The third-order valence-corrected chi connectivity index (χ3v) is 4.54. The van der Waals surface area contributed by atoms with Crippen LogP contribution in [0.2, 0.25) is 5.02 Å². The number of rotatable bonds is 0. The smallest absolute Gasteiger partial charge is 0.205 e. The monoisotopic (exact) mass is 364 g/mol. The molecule has 1 aromatic rings. The number of hydrogen-bond acceptors (Lipinski definition) is 3. The minimum Gasteiger partial charge on any atom is -0.507 e. The van der Waals surface area contributed by atoms with Gasteiger partial charge in [0.2, 0.25) is 11.6 Å². The number of Topliss-reactive ketones (excluding diaryl/α,β-unsaturated/α-hetero) is 2. The first-order valence-corrected chi connectivity index (χ1v) is 6.07. The van der Waals surface area contributed by atoms with Crippen LogP contribution in [0.15, 0.2) is 21.1 Å². The van der Waals surface area contributed by atoms with Crippen LogP contribution >= 0.6 is 43.5 Å². The van der Waals surface area contributed by atoms with Crippen LogP contribution in [-0.2, 0) is 0 Å². The number of carbonyl (C=O) groups is 2. The molecular formula is C10H3Br2ClO3. The third kappa shape index (κ3) is 1.54. The molecule has 0 aliphatic heterocycles. The highest BCUT2D eigenvalue weighted by Gasteiger charge is 2.33. The van der Waals surface area contributed by atoms with Crippen molar-refractivity contribution in [2.75, 3.05) is 0 Å². The quantitative estimate of drug-likeness (QED) is 0.765. The molecule has 3 nitrogen and oxygen atoms in total. The number of phenols is 1. The number of halogens is 3. The van der Waals surface area contributed by atoms with Crippen molar-refractivity contribution in [1.29, 1.82) is 0 Å². The lowest BCUT2D eigenvalue weighted by Gasteiger charge is -2.16. The summed E-state index contributed by atoms with van der Waals surface area (Å²) >= 11 is 11.9. The predicted molar refractivity (Wildman–Crippen MR) is 66.7 cm³/mol. The van der Waals surface area contributed by atoms with Crippen LogP contribution in [0.4, 0.5) is 0 Å². The Bertz CT molecular complexity index is 514. The van der Waals surface area contributed by atoms with Crippen molar-refractivity contribution in [3.63, 3.8) is 0 Å². The molecule has 1 aromatic carbocycles. The van der Waals surface area contributed by atoms with Gasteiger partial charge in [-0.3, -0.25) is 9.59 Å². The van der Waals surface area contributed by atoms with E-state index >= 15 is 0 Å². The normalized spacial score (nSPS) is 15.4. The Hall–Kier alpha value is -0.650. The molecule has 6 heteroatoms. The summed E-state index contributed by atoms with van der Waals surface area (Å²) in [4.78, 5) is 23.7. The highest BCUT2D eigenvalue weighted by atomic mass is 79.9. The van der Waals surface area contributed by atoms with Gasteiger partial charge in [-0.2, -0.15) is 0 Å². The fourth-order valence-corrected chi connectivity index (χ4v) is 2.44. The Kier molecular flexibility index (Phi) is 2.94. The summed E-state index contributed by atoms with van der Waals surface area (Å²) < 4.78 is 0.195. The van der Waals surface area contributed by atoms with Crippen LogP contribution in [0.5, 0.6) is 5.75 Å². The second-order valence-corrected chi connectivity index (χ2v) is 5.10. The summed E-state index contributed by atoms with van der Waals surface area (Å²) in [5, 5.41) is 9.72. The molecule has 0 saturated carbocycles. The molecule has 0 radical (unpaired) electrons. The first kappa shape index (κ1) is 11.8. The molecule has 0 amide bonds. The first-order valence-electron chi connectivity index (χ1n) is 4.11. The Balaban J connectivity index is 2.86. The van der Waals surface area contributed by atoms with E-state index in [1.165, 1.54) is 12.1 Å². The summed E-state index contributed by atoms with van der Waals surface area (Å²) in [6.07, 6.45) is 0. The topological polar surface area (TPSA) is 54.4 Å². The lowest BCUT2D eigenvalue weighted by molar-refractivity contribution is 0.0987. The molecule has 1 aliphatic carbocycles. The van der Waals surface area contributed by atoms with Crippen molar-refractivity contribution in [2.45, 2.75) is 0 Å². The second-order valence-electron chi connectivity index (χ2n) is 3.10. The van der Waals surface area contributed by atoms with E-state index in [0.717, 1.165) is 0 Å². The summed E-state index contributed by atoms with van der Waals surface area (Å²) in [6, 6.07) is 2.66. The lowest BCUT2D eigenvalue weighted by Crippen LogP contribution is -2.18. The molecule has 0 heterocycles. The van der Waals surface area contributed by atoms with Gasteiger partial charge in [-0.15, -0.1) is 0 Å². The van der Waals surface area contributed by atoms with Gasteiger partial charge in [0, 0.05) is 0 Å². The highest BCUT2D eigenvalue weighted by molar-refractivity contribution is 9.14. The molecule has 16 heavy (non-hydrogen) atoms. The van der Waals surface area contributed by atoms with Crippen LogP contribution in [0.1, 0.15) is 20.7 Å². The molecule has 0 unspecified atom stereocenters. The number of hydrogen-bond donors (Lipinski definition) is 1. The zero-order valence-electron chi connectivity index (χ0n) is 7.55. The molecule has 0 spiro atoms. The summed E-state index contributed by atoms with van der Waals surface area (Å²) in [5.41, 5.74) is -0.0330. The highest BCUT2D eigenvalue weighted by Crippen LogP contribution is 2.39. The van der Waals surface area contributed by atoms with Crippen LogP contribution in [0, 0.1) is 0 Å². The van der Waals surface area contributed by atoms with E-state index in [4.69, 9.17) is 11.6 Å². The minimum absolute atomic E-state index is 0.0294. The lowest BCUT2D eigenvalue weighted by atomic mass is 9.94. The van der Waals surface area contributed by atoms with Gasteiger partial charge in [0.15, 0.2) is 0 Å². The van der Waals surface area contributed by atoms with Gasteiger partial charge < -0.3 is 5.11 Å². The van der Waals surface area contributed by atoms with Crippen molar-refractivity contribution >= 4 is 55.0 Å². The zero-order chi connectivity index (χ0) is 12.0. The second kappa shape index (κ2) is 3.98. The number of allylic oxidation sites excluding steroid dienone is 2. The Morgan fingerprint density at radius 3 is 2.06 bits per heavy atom. The van der Waals surface area contributed by atoms with Gasteiger partial charge in [0.1, 0.15) is 5.75 Å². The molecule has 1 aliphatic rings. The van der Waals surface area contributed by atoms with Gasteiger partial charge >= 0.3 is 0 Å². The average molecular weight is 366 g/mol. The van der Waals surface area contributed by atoms with E-state index in [9.17, 15) is 14.7 Å². The van der Waals surface area contributed by atoms with E-state index in [1.807, 2.05) is 0 Å². The first-order chi connectivity index (χ1) is 7.45. The molecule has 0 bridgehead atoms. The number of fused-ring (bicyclic) bond motifs is 1. The minimum atomic E-state index is -0.471. The van der Waals surface area contributed by atoms with Gasteiger partial charge in [0.05, 0.1) is 25.1 Å². The molecule has 0 atom stereocenters. The Labute approximate surface area is 112 Å². The SMILES string of the molecule is O=C1C(Br)=C(Br)C(=O)c2c(Cl)ccc(O)c21. The van der Waals surface area contributed by atoms with Crippen LogP contribution < -0.4 is 0 Å². The fraction of sp³-hybridized carbons (Fsp3) is 0. The Morgan fingerprint density at radius 1 is 1.00 bits per heavy atom. The number of benzene rings is 1. The van der Waals surface area contributed by atoms with Crippen molar-refractivity contribution < 1.29 is 14.7 Å². The summed E-state index contributed by atoms with van der Waals surface area (Å²) in [5.74, 6) is -1.15. The number of phenolic OH excluding ortho intramolecular Hbond substituents is 1.